The molecule has 1 aromatic carbocycles. The van der Waals surface area contributed by atoms with Gasteiger partial charge in [-0.25, -0.2) is 0 Å². The van der Waals surface area contributed by atoms with E-state index in [2.05, 4.69) is 10.3 Å². The molecule has 124 valence electrons. The number of likely N-dealkylation sites (tertiary alicyclic amines) is 1. The number of pyridine rings is 1. The van der Waals surface area contributed by atoms with Crippen molar-refractivity contribution in [1.82, 2.24) is 15.2 Å². The van der Waals surface area contributed by atoms with Gasteiger partial charge in [-0.15, -0.1) is 0 Å². The van der Waals surface area contributed by atoms with Gasteiger partial charge in [0.2, 0.25) is 0 Å². The van der Waals surface area contributed by atoms with Crippen molar-refractivity contribution in [3.05, 3.63) is 65.5 Å². The molecule has 0 atom stereocenters. The number of carbonyl (C=O) groups is 2. The Bertz CT molecular complexity index is 692. The highest BCUT2D eigenvalue weighted by atomic mass is 16.2. The molecule has 2 aromatic rings. The number of nitrogens with zero attached hydrogens (tertiary/aromatic N) is 2. The molecule has 5 nitrogen and oxygen atoms in total. The van der Waals surface area contributed by atoms with E-state index in [4.69, 9.17) is 0 Å². The van der Waals surface area contributed by atoms with Crippen LogP contribution in [0.5, 0.6) is 0 Å². The summed E-state index contributed by atoms with van der Waals surface area (Å²) in [6.07, 6.45) is 6.73. The predicted octanol–water partition coefficient (Wildman–Crippen LogP) is 2.64. The van der Waals surface area contributed by atoms with Crippen LogP contribution in [-0.4, -0.2) is 34.8 Å². The lowest BCUT2D eigenvalue weighted by Gasteiger charge is -2.26. The van der Waals surface area contributed by atoms with Gasteiger partial charge in [-0.1, -0.05) is 0 Å². The minimum absolute atomic E-state index is 0.0541. The Labute approximate surface area is 141 Å². The molecule has 3 rings (SSSR count). The fraction of sp³-hybridized carbons (Fsp3) is 0.316. The molecule has 0 radical (unpaired) electrons. The first kappa shape index (κ1) is 16.2. The zero-order valence-corrected chi connectivity index (χ0v) is 13.6. The lowest BCUT2D eigenvalue weighted by molar-refractivity contribution is 0.0724. The first-order valence-corrected chi connectivity index (χ1v) is 8.30. The Morgan fingerprint density at radius 1 is 0.917 bits per heavy atom. The summed E-state index contributed by atoms with van der Waals surface area (Å²) in [6.45, 7) is 2.11. The Balaban J connectivity index is 1.59. The van der Waals surface area contributed by atoms with E-state index in [9.17, 15) is 9.59 Å². The fourth-order valence-corrected chi connectivity index (χ4v) is 2.83. The second-order valence-corrected chi connectivity index (χ2v) is 5.97. The van der Waals surface area contributed by atoms with Gasteiger partial charge in [-0.05, 0) is 61.2 Å². The maximum absolute atomic E-state index is 12.4. The molecule has 0 saturated carbocycles. The summed E-state index contributed by atoms with van der Waals surface area (Å²) in [7, 11) is 0. The molecule has 1 aromatic heterocycles. The molecule has 0 spiro atoms. The van der Waals surface area contributed by atoms with Crippen molar-refractivity contribution in [2.45, 2.75) is 25.8 Å². The molecule has 0 bridgehead atoms. The highest BCUT2D eigenvalue weighted by Gasteiger charge is 2.18. The number of hydrogen-bond donors (Lipinski definition) is 1. The minimum atomic E-state index is -0.149. The van der Waals surface area contributed by atoms with Gasteiger partial charge in [0, 0.05) is 43.2 Å². The number of hydrogen-bond acceptors (Lipinski definition) is 3. The number of benzene rings is 1. The van der Waals surface area contributed by atoms with Gasteiger partial charge in [0.05, 0.1) is 0 Å². The van der Waals surface area contributed by atoms with Gasteiger partial charge < -0.3 is 10.2 Å². The lowest BCUT2D eigenvalue weighted by atomic mass is 10.1. The van der Waals surface area contributed by atoms with Gasteiger partial charge in [0.15, 0.2) is 0 Å². The first-order chi connectivity index (χ1) is 11.7. The maximum Gasteiger partial charge on any atom is 0.253 e. The molecule has 0 unspecified atom stereocenters. The lowest BCUT2D eigenvalue weighted by Crippen LogP contribution is -2.35. The summed E-state index contributed by atoms with van der Waals surface area (Å²) in [5.41, 5.74) is 2.19. The molecule has 2 amide bonds. The van der Waals surface area contributed by atoms with Crippen LogP contribution in [0.2, 0.25) is 0 Å². The molecular formula is C19H21N3O2. The molecule has 2 heterocycles. The molecule has 1 N–H and O–H groups in total. The average Bonchev–Trinajstić information content (AvgIpc) is 2.67. The van der Waals surface area contributed by atoms with Crippen molar-refractivity contribution in [3.8, 4) is 0 Å². The molecule has 1 aliphatic heterocycles. The minimum Gasteiger partial charge on any atom is -0.348 e. The quantitative estimate of drug-likeness (QED) is 0.941. The molecule has 0 aliphatic carbocycles. The van der Waals surface area contributed by atoms with Crippen LogP contribution in [-0.2, 0) is 6.54 Å². The number of rotatable bonds is 4. The Kier molecular flexibility index (Phi) is 5.21. The molecule has 24 heavy (non-hydrogen) atoms. The van der Waals surface area contributed by atoms with E-state index in [1.54, 1.807) is 36.7 Å². The Hall–Kier alpha value is -2.69. The van der Waals surface area contributed by atoms with Crippen molar-refractivity contribution >= 4 is 11.8 Å². The van der Waals surface area contributed by atoms with Crippen LogP contribution in [0.15, 0.2) is 48.8 Å². The standard InChI is InChI=1S/C19H21N3O2/c23-18(21-14-15-8-10-20-11-9-15)16-4-6-17(7-5-16)19(24)22-12-2-1-3-13-22/h4-11H,1-3,12-14H2,(H,21,23). The van der Waals surface area contributed by atoms with Crippen molar-refractivity contribution in [3.63, 3.8) is 0 Å². The summed E-state index contributed by atoms with van der Waals surface area (Å²) in [5.74, 6) is -0.0952. The number of amides is 2. The summed E-state index contributed by atoms with van der Waals surface area (Å²) in [5, 5.41) is 2.87. The zero-order chi connectivity index (χ0) is 16.8. The van der Waals surface area contributed by atoms with Crippen LogP contribution >= 0.6 is 0 Å². The van der Waals surface area contributed by atoms with Gasteiger partial charge in [-0.2, -0.15) is 0 Å². The van der Waals surface area contributed by atoms with Crippen LogP contribution in [0.4, 0.5) is 0 Å². The van der Waals surface area contributed by atoms with Gasteiger partial charge in [0.25, 0.3) is 11.8 Å². The van der Waals surface area contributed by atoms with Crippen LogP contribution in [0.3, 0.4) is 0 Å². The highest BCUT2D eigenvalue weighted by molar-refractivity contribution is 5.97. The molecule has 1 saturated heterocycles. The monoisotopic (exact) mass is 323 g/mol. The summed E-state index contributed by atoms with van der Waals surface area (Å²) in [6, 6.07) is 10.6. The second-order valence-electron chi connectivity index (χ2n) is 5.97. The number of aromatic nitrogens is 1. The van der Waals surface area contributed by atoms with Gasteiger partial charge in [0.1, 0.15) is 0 Å². The third-order valence-electron chi connectivity index (χ3n) is 4.24. The topological polar surface area (TPSA) is 62.3 Å². The van der Waals surface area contributed by atoms with E-state index in [-0.39, 0.29) is 11.8 Å². The van der Waals surface area contributed by atoms with E-state index >= 15 is 0 Å². The number of carbonyl (C=O) groups excluding carboxylic acids is 2. The van der Waals surface area contributed by atoms with Gasteiger partial charge >= 0.3 is 0 Å². The molecule has 1 aliphatic rings. The average molecular weight is 323 g/mol. The number of piperidine rings is 1. The van der Waals surface area contributed by atoms with Crippen LogP contribution in [0, 0.1) is 0 Å². The van der Waals surface area contributed by atoms with E-state index in [0.29, 0.717) is 17.7 Å². The van der Waals surface area contributed by atoms with Crippen molar-refractivity contribution in [2.24, 2.45) is 0 Å². The SMILES string of the molecule is O=C(NCc1ccncc1)c1ccc(C(=O)N2CCCCC2)cc1. The first-order valence-electron chi connectivity index (χ1n) is 8.30. The van der Waals surface area contributed by atoms with Crippen LogP contribution in [0.25, 0.3) is 0 Å². The molecule has 1 fully saturated rings. The van der Waals surface area contributed by atoms with E-state index in [1.165, 1.54) is 6.42 Å². The van der Waals surface area contributed by atoms with E-state index in [1.807, 2.05) is 17.0 Å². The Morgan fingerprint density at radius 3 is 2.21 bits per heavy atom. The van der Waals surface area contributed by atoms with Crippen molar-refractivity contribution in [1.29, 1.82) is 0 Å². The van der Waals surface area contributed by atoms with E-state index in [0.717, 1.165) is 31.5 Å². The maximum atomic E-state index is 12.4. The summed E-state index contributed by atoms with van der Waals surface area (Å²) in [4.78, 5) is 30.4. The van der Waals surface area contributed by atoms with E-state index < -0.39 is 0 Å². The highest BCUT2D eigenvalue weighted by Crippen LogP contribution is 2.14. The Morgan fingerprint density at radius 2 is 1.54 bits per heavy atom. The van der Waals surface area contributed by atoms with Crippen LogP contribution in [0.1, 0.15) is 45.5 Å². The molecule has 5 heteroatoms. The predicted molar refractivity (Wildman–Crippen MR) is 91.6 cm³/mol. The van der Waals surface area contributed by atoms with Gasteiger partial charge in [-0.3, -0.25) is 14.6 Å². The third kappa shape index (κ3) is 3.98. The second kappa shape index (κ2) is 7.73. The number of nitrogens with one attached hydrogen (secondary N) is 1. The smallest absolute Gasteiger partial charge is 0.253 e. The normalized spacial score (nSPS) is 14.2. The van der Waals surface area contributed by atoms with Crippen LogP contribution < -0.4 is 5.32 Å². The van der Waals surface area contributed by atoms with Crippen molar-refractivity contribution < 1.29 is 9.59 Å². The summed E-state index contributed by atoms with van der Waals surface area (Å²) < 4.78 is 0. The summed E-state index contributed by atoms with van der Waals surface area (Å²) >= 11 is 0. The molecular weight excluding hydrogens is 302 g/mol. The zero-order valence-electron chi connectivity index (χ0n) is 13.6. The fourth-order valence-electron chi connectivity index (χ4n) is 2.83. The third-order valence-corrected chi connectivity index (χ3v) is 4.24. The largest absolute Gasteiger partial charge is 0.348 e. The van der Waals surface area contributed by atoms with Crippen molar-refractivity contribution in [2.75, 3.05) is 13.1 Å².